The Morgan fingerprint density at radius 2 is 2.38 bits per heavy atom. The molecule has 1 aliphatic rings. The third kappa shape index (κ3) is 1.20. The second-order valence-corrected chi connectivity index (χ2v) is 2.35. The van der Waals surface area contributed by atoms with Gasteiger partial charge in [-0.05, 0) is 18.8 Å². The van der Waals surface area contributed by atoms with Gasteiger partial charge in [0.05, 0.1) is 6.10 Å². The maximum absolute atomic E-state index is 5.40. The lowest BCUT2D eigenvalue weighted by Gasteiger charge is -2.09. The SMILES string of the molecule is CO[C@H](CN)C1CC1. The summed E-state index contributed by atoms with van der Waals surface area (Å²) in [7, 11) is 1.73. The average molecular weight is 115 g/mol. The van der Waals surface area contributed by atoms with Gasteiger partial charge in [-0.3, -0.25) is 0 Å². The molecule has 1 fully saturated rings. The molecule has 0 aromatic heterocycles. The highest BCUT2D eigenvalue weighted by molar-refractivity contribution is 4.82. The number of rotatable bonds is 3. The van der Waals surface area contributed by atoms with Crippen LogP contribution in [0.15, 0.2) is 0 Å². The summed E-state index contributed by atoms with van der Waals surface area (Å²) in [5, 5.41) is 0. The van der Waals surface area contributed by atoms with Gasteiger partial charge in [-0.2, -0.15) is 0 Å². The third-order valence-corrected chi connectivity index (χ3v) is 1.68. The Morgan fingerprint density at radius 3 is 2.50 bits per heavy atom. The van der Waals surface area contributed by atoms with Crippen LogP contribution in [-0.4, -0.2) is 19.8 Å². The minimum atomic E-state index is 0.343. The molecule has 1 aliphatic carbocycles. The number of hydrogen-bond donors (Lipinski definition) is 1. The standard InChI is InChI=1S/C6H13NO/c1-8-6(4-7)5-2-3-5/h5-6H,2-4,7H2,1H3/t6-/m1/s1. The predicted molar refractivity (Wildman–Crippen MR) is 32.6 cm³/mol. The molecule has 2 N–H and O–H groups in total. The van der Waals surface area contributed by atoms with Gasteiger partial charge in [-0.25, -0.2) is 0 Å². The van der Waals surface area contributed by atoms with Crippen molar-refractivity contribution in [3.8, 4) is 0 Å². The van der Waals surface area contributed by atoms with Crippen LogP contribution in [0.1, 0.15) is 12.8 Å². The van der Waals surface area contributed by atoms with Gasteiger partial charge < -0.3 is 10.5 Å². The van der Waals surface area contributed by atoms with Crippen molar-refractivity contribution in [2.24, 2.45) is 11.7 Å². The van der Waals surface area contributed by atoms with Gasteiger partial charge in [0.25, 0.3) is 0 Å². The quantitative estimate of drug-likeness (QED) is 0.576. The normalized spacial score (nSPS) is 23.2. The van der Waals surface area contributed by atoms with Crippen LogP contribution in [0.3, 0.4) is 0 Å². The summed E-state index contributed by atoms with van der Waals surface area (Å²) >= 11 is 0. The van der Waals surface area contributed by atoms with Crippen LogP contribution in [-0.2, 0) is 4.74 Å². The molecule has 1 rings (SSSR count). The molecule has 2 heteroatoms. The van der Waals surface area contributed by atoms with E-state index in [4.69, 9.17) is 10.5 Å². The fourth-order valence-electron chi connectivity index (χ4n) is 0.949. The first-order chi connectivity index (χ1) is 3.88. The Labute approximate surface area is 50.0 Å². The maximum Gasteiger partial charge on any atom is 0.0721 e. The first-order valence-electron chi connectivity index (χ1n) is 3.11. The Hall–Kier alpha value is -0.0800. The topological polar surface area (TPSA) is 35.2 Å². The molecule has 1 atom stereocenters. The van der Waals surface area contributed by atoms with E-state index in [1.807, 2.05) is 0 Å². The van der Waals surface area contributed by atoms with Crippen molar-refractivity contribution in [2.45, 2.75) is 18.9 Å². The number of hydrogen-bond acceptors (Lipinski definition) is 2. The molecule has 0 unspecified atom stereocenters. The van der Waals surface area contributed by atoms with E-state index in [-0.39, 0.29) is 0 Å². The van der Waals surface area contributed by atoms with E-state index in [0.717, 1.165) is 5.92 Å². The molecule has 0 heterocycles. The fourth-order valence-corrected chi connectivity index (χ4v) is 0.949. The first kappa shape index (κ1) is 6.05. The maximum atomic E-state index is 5.40. The summed E-state index contributed by atoms with van der Waals surface area (Å²) in [6, 6.07) is 0. The van der Waals surface area contributed by atoms with Crippen molar-refractivity contribution in [1.29, 1.82) is 0 Å². The van der Waals surface area contributed by atoms with Crippen molar-refractivity contribution < 1.29 is 4.74 Å². The number of nitrogens with two attached hydrogens (primary N) is 1. The zero-order valence-corrected chi connectivity index (χ0v) is 5.26. The van der Waals surface area contributed by atoms with Crippen molar-refractivity contribution in [1.82, 2.24) is 0 Å². The van der Waals surface area contributed by atoms with E-state index in [1.54, 1.807) is 7.11 Å². The second kappa shape index (κ2) is 2.46. The summed E-state index contributed by atoms with van der Waals surface area (Å²) in [5.74, 6) is 0.782. The minimum absolute atomic E-state index is 0.343. The number of ether oxygens (including phenoxy) is 1. The Bertz CT molecular complexity index is 66.9. The Balaban J connectivity index is 2.15. The summed E-state index contributed by atoms with van der Waals surface area (Å²) < 4.78 is 5.10. The zero-order valence-electron chi connectivity index (χ0n) is 5.26. The molecular formula is C6H13NO. The van der Waals surface area contributed by atoms with Gasteiger partial charge in [-0.1, -0.05) is 0 Å². The molecule has 48 valence electrons. The van der Waals surface area contributed by atoms with Crippen molar-refractivity contribution in [2.75, 3.05) is 13.7 Å². The van der Waals surface area contributed by atoms with Gasteiger partial charge in [-0.15, -0.1) is 0 Å². The molecule has 0 spiro atoms. The molecule has 0 amide bonds. The molecule has 0 bridgehead atoms. The molecule has 0 aromatic carbocycles. The predicted octanol–water partition coefficient (Wildman–Crippen LogP) is 0.370. The Kier molecular flexibility index (Phi) is 1.86. The van der Waals surface area contributed by atoms with Gasteiger partial charge in [0, 0.05) is 13.7 Å². The van der Waals surface area contributed by atoms with Crippen LogP contribution in [0.25, 0.3) is 0 Å². The molecule has 8 heavy (non-hydrogen) atoms. The van der Waals surface area contributed by atoms with Crippen LogP contribution < -0.4 is 5.73 Å². The van der Waals surface area contributed by atoms with E-state index in [1.165, 1.54) is 12.8 Å². The van der Waals surface area contributed by atoms with Crippen molar-refractivity contribution >= 4 is 0 Å². The van der Waals surface area contributed by atoms with E-state index in [2.05, 4.69) is 0 Å². The molecule has 1 saturated carbocycles. The highest BCUT2D eigenvalue weighted by Crippen LogP contribution is 2.33. The lowest BCUT2D eigenvalue weighted by molar-refractivity contribution is 0.0915. The monoisotopic (exact) mass is 115 g/mol. The molecule has 2 nitrogen and oxygen atoms in total. The zero-order chi connectivity index (χ0) is 5.98. The van der Waals surface area contributed by atoms with Gasteiger partial charge in [0.2, 0.25) is 0 Å². The highest BCUT2D eigenvalue weighted by atomic mass is 16.5. The van der Waals surface area contributed by atoms with E-state index < -0.39 is 0 Å². The summed E-state index contributed by atoms with van der Waals surface area (Å²) in [5.41, 5.74) is 5.40. The molecule has 0 aliphatic heterocycles. The lowest BCUT2D eigenvalue weighted by atomic mass is 10.2. The molecular weight excluding hydrogens is 102 g/mol. The van der Waals surface area contributed by atoms with Crippen LogP contribution in [0, 0.1) is 5.92 Å². The highest BCUT2D eigenvalue weighted by Gasteiger charge is 2.29. The molecule has 0 saturated heterocycles. The van der Waals surface area contributed by atoms with Gasteiger partial charge >= 0.3 is 0 Å². The molecule has 0 radical (unpaired) electrons. The van der Waals surface area contributed by atoms with Crippen molar-refractivity contribution in [3.63, 3.8) is 0 Å². The first-order valence-corrected chi connectivity index (χ1v) is 3.11. The molecule has 0 aromatic rings. The smallest absolute Gasteiger partial charge is 0.0721 e. The summed E-state index contributed by atoms with van der Waals surface area (Å²) in [6.45, 7) is 0.682. The van der Waals surface area contributed by atoms with Crippen LogP contribution >= 0.6 is 0 Å². The van der Waals surface area contributed by atoms with Crippen LogP contribution in [0.2, 0.25) is 0 Å². The van der Waals surface area contributed by atoms with Gasteiger partial charge in [0.1, 0.15) is 0 Å². The summed E-state index contributed by atoms with van der Waals surface area (Å²) in [4.78, 5) is 0. The lowest BCUT2D eigenvalue weighted by Crippen LogP contribution is -2.24. The summed E-state index contributed by atoms with van der Waals surface area (Å²) in [6.07, 6.45) is 2.97. The van der Waals surface area contributed by atoms with Crippen LogP contribution in [0.4, 0.5) is 0 Å². The minimum Gasteiger partial charge on any atom is -0.380 e. The average Bonchev–Trinajstić information content (AvgIpc) is 2.53. The van der Waals surface area contributed by atoms with Crippen LogP contribution in [0.5, 0.6) is 0 Å². The fraction of sp³-hybridized carbons (Fsp3) is 1.00. The van der Waals surface area contributed by atoms with E-state index in [0.29, 0.717) is 12.6 Å². The second-order valence-electron chi connectivity index (χ2n) is 2.35. The van der Waals surface area contributed by atoms with E-state index >= 15 is 0 Å². The van der Waals surface area contributed by atoms with Gasteiger partial charge in [0.15, 0.2) is 0 Å². The Morgan fingerprint density at radius 1 is 1.75 bits per heavy atom. The number of methoxy groups -OCH3 is 1. The van der Waals surface area contributed by atoms with Crippen molar-refractivity contribution in [3.05, 3.63) is 0 Å². The van der Waals surface area contributed by atoms with E-state index in [9.17, 15) is 0 Å². The largest absolute Gasteiger partial charge is 0.380 e. The third-order valence-electron chi connectivity index (χ3n) is 1.68.